The van der Waals surface area contributed by atoms with Gasteiger partial charge >= 0.3 is 0 Å². The number of halogens is 1. The van der Waals surface area contributed by atoms with Crippen molar-refractivity contribution >= 4 is 21.6 Å². The van der Waals surface area contributed by atoms with Crippen molar-refractivity contribution in [3.8, 4) is 23.1 Å². The predicted octanol–water partition coefficient (Wildman–Crippen LogP) is 5.25. The van der Waals surface area contributed by atoms with Gasteiger partial charge in [0, 0.05) is 10.4 Å². The molecule has 3 atom stereocenters. The van der Waals surface area contributed by atoms with Crippen LogP contribution in [0.1, 0.15) is 54.7 Å². The zero-order valence-corrected chi connectivity index (χ0v) is 17.2. The summed E-state index contributed by atoms with van der Waals surface area (Å²) in [5.74, 6) is 0.560. The summed E-state index contributed by atoms with van der Waals surface area (Å²) in [6.45, 7) is 3.78. The quantitative estimate of drug-likeness (QED) is 0.620. The summed E-state index contributed by atoms with van der Waals surface area (Å²) in [5, 5.41) is 19.7. The van der Waals surface area contributed by atoms with Gasteiger partial charge in [0.1, 0.15) is 24.4 Å². The van der Waals surface area contributed by atoms with E-state index in [1.165, 1.54) is 17.7 Å². The number of aryl methyl sites for hydroxylation is 1. The number of nitrogens with zero attached hydrogens (tertiary/aromatic N) is 3. The van der Waals surface area contributed by atoms with Crippen LogP contribution >= 0.6 is 11.3 Å². The van der Waals surface area contributed by atoms with E-state index in [9.17, 15) is 14.8 Å². The SMILES string of the molecule is CCC(O)c1cc2ncnc(-c3cc(C#N)cc(C)c3O[C@@H]3CCC[C@@H]3F)c2s1. The average molecular weight is 412 g/mol. The molecule has 1 saturated carbocycles. The van der Waals surface area contributed by atoms with Crippen molar-refractivity contribution in [1.29, 1.82) is 5.26 Å². The fourth-order valence-electron chi connectivity index (χ4n) is 3.77. The molecule has 0 saturated heterocycles. The summed E-state index contributed by atoms with van der Waals surface area (Å²) in [6, 6.07) is 7.54. The second-order valence-corrected chi connectivity index (χ2v) is 8.48. The van der Waals surface area contributed by atoms with Gasteiger partial charge in [-0.1, -0.05) is 6.92 Å². The molecule has 1 aromatic carbocycles. The van der Waals surface area contributed by atoms with Gasteiger partial charge in [-0.3, -0.25) is 0 Å². The number of benzene rings is 1. The molecule has 4 rings (SSSR count). The molecule has 2 aromatic heterocycles. The summed E-state index contributed by atoms with van der Waals surface area (Å²) in [4.78, 5) is 9.64. The van der Waals surface area contributed by atoms with E-state index in [-0.39, 0.29) is 0 Å². The van der Waals surface area contributed by atoms with Gasteiger partial charge in [-0.05, 0) is 56.4 Å². The summed E-state index contributed by atoms with van der Waals surface area (Å²) < 4.78 is 21.2. The molecule has 7 heteroatoms. The minimum absolute atomic E-state index is 0.487. The number of aromatic nitrogens is 2. The van der Waals surface area contributed by atoms with Crippen molar-refractivity contribution in [2.45, 2.75) is 57.9 Å². The van der Waals surface area contributed by atoms with Crippen molar-refractivity contribution in [1.82, 2.24) is 9.97 Å². The lowest BCUT2D eigenvalue weighted by Gasteiger charge is -2.20. The molecule has 29 heavy (non-hydrogen) atoms. The van der Waals surface area contributed by atoms with Gasteiger partial charge in [-0.2, -0.15) is 5.26 Å². The highest BCUT2D eigenvalue weighted by Crippen LogP contribution is 2.42. The fourth-order valence-corrected chi connectivity index (χ4v) is 4.95. The van der Waals surface area contributed by atoms with Crippen molar-refractivity contribution < 1.29 is 14.2 Å². The lowest BCUT2D eigenvalue weighted by Crippen LogP contribution is -2.23. The van der Waals surface area contributed by atoms with Crippen LogP contribution in [0.5, 0.6) is 5.75 Å². The number of rotatable bonds is 5. The van der Waals surface area contributed by atoms with Gasteiger partial charge in [-0.25, -0.2) is 14.4 Å². The Morgan fingerprint density at radius 3 is 2.86 bits per heavy atom. The Labute approximate surface area is 172 Å². The van der Waals surface area contributed by atoms with Crippen LogP contribution in [0.2, 0.25) is 0 Å². The Hall–Kier alpha value is -2.56. The number of ether oxygens (including phenoxy) is 1. The Balaban J connectivity index is 1.88. The Kier molecular flexibility index (Phi) is 5.48. The third kappa shape index (κ3) is 3.70. The van der Waals surface area contributed by atoms with E-state index >= 15 is 0 Å². The number of fused-ring (bicyclic) bond motifs is 1. The topological polar surface area (TPSA) is 79.0 Å². The smallest absolute Gasteiger partial charge is 0.137 e. The third-order valence-corrected chi connectivity index (χ3v) is 6.58. The number of aliphatic hydroxyl groups is 1. The number of hydrogen-bond donors (Lipinski definition) is 1. The van der Waals surface area contributed by atoms with Crippen LogP contribution in [-0.4, -0.2) is 27.4 Å². The largest absolute Gasteiger partial charge is 0.486 e. The van der Waals surface area contributed by atoms with E-state index < -0.39 is 18.4 Å². The molecule has 2 heterocycles. The van der Waals surface area contributed by atoms with Crippen LogP contribution in [0.4, 0.5) is 4.39 Å². The van der Waals surface area contributed by atoms with Crippen LogP contribution in [0.15, 0.2) is 24.5 Å². The van der Waals surface area contributed by atoms with Gasteiger partial charge in [0.15, 0.2) is 0 Å². The minimum atomic E-state index is -0.989. The predicted molar refractivity (Wildman–Crippen MR) is 111 cm³/mol. The highest BCUT2D eigenvalue weighted by atomic mass is 32.1. The number of aliphatic hydroxyl groups excluding tert-OH is 1. The first-order valence-corrected chi connectivity index (χ1v) is 10.6. The van der Waals surface area contributed by atoms with Crippen LogP contribution in [0.25, 0.3) is 21.5 Å². The van der Waals surface area contributed by atoms with Crippen molar-refractivity contribution in [3.63, 3.8) is 0 Å². The maximum absolute atomic E-state index is 14.2. The van der Waals surface area contributed by atoms with Crippen LogP contribution < -0.4 is 4.74 Å². The van der Waals surface area contributed by atoms with Gasteiger partial charge in [0.25, 0.3) is 0 Å². The van der Waals surface area contributed by atoms with Crippen LogP contribution in [0.3, 0.4) is 0 Å². The monoisotopic (exact) mass is 411 g/mol. The van der Waals surface area contributed by atoms with E-state index in [0.717, 1.165) is 27.1 Å². The van der Waals surface area contributed by atoms with Crippen molar-refractivity contribution in [2.24, 2.45) is 0 Å². The fraction of sp³-hybridized carbons (Fsp3) is 0.409. The molecule has 0 radical (unpaired) electrons. The first-order chi connectivity index (χ1) is 14.0. The molecule has 0 amide bonds. The summed E-state index contributed by atoms with van der Waals surface area (Å²) in [6.07, 6.45) is 2.02. The molecular weight excluding hydrogens is 389 g/mol. The molecule has 150 valence electrons. The molecule has 1 aliphatic carbocycles. The summed E-state index contributed by atoms with van der Waals surface area (Å²) >= 11 is 1.44. The molecule has 0 aliphatic heterocycles. The first kappa shape index (κ1) is 19.7. The minimum Gasteiger partial charge on any atom is -0.486 e. The van der Waals surface area contributed by atoms with Gasteiger partial charge in [-0.15, -0.1) is 11.3 Å². The molecule has 1 fully saturated rings. The maximum Gasteiger partial charge on any atom is 0.137 e. The summed E-state index contributed by atoms with van der Waals surface area (Å²) in [5.41, 5.74) is 3.30. The second kappa shape index (κ2) is 8.05. The number of hydrogen-bond acceptors (Lipinski definition) is 6. The number of alkyl halides is 1. The molecule has 3 aromatic rings. The molecule has 5 nitrogen and oxygen atoms in total. The van der Waals surface area contributed by atoms with Gasteiger partial charge in [0.2, 0.25) is 0 Å². The normalized spacial score (nSPS) is 20.0. The molecule has 0 spiro atoms. The first-order valence-electron chi connectivity index (χ1n) is 9.80. The third-order valence-electron chi connectivity index (χ3n) is 5.35. The zero-order chi connectivity index (χ0) is 20.5. The average Bonchev–Trinajstić information content (AvgIpc) is 3.34. The lowest BCUT2D eigenvalue weighted by molar-refractivity contribution is 0.125. The zero-order valence-electron chi connectivity index (χ0n) is 16.4. The lowest BCUT2D eigenvalue weighted by atomic mass is 10.0. The molecule has 1 aliphatic rings. The Morgan fingerprint density at radius 2 is 2.17 bits per heavy atom. The summed E-state index contributed by atoms with van der Waals surface area (Å²) in [7, 11) is 0. The van der Waals surface area contributed by atoms with E-state index in [1.807, 2.05) is 19.9 Å². The van der Waals surface area contributed by atoms with E-state index in [1.54, 1.807) is 12.1 Å². The molecule has 1 unspecified atom stereocenters. The van der Waals surface area contributed by atoms with Crippen molar-refractivity contribution in [3.05, 3.63) is 40.5 Å². The highest BCUT2D eigenvalue weighted by Gasteiger charge is 2.30. The number of thiophene rings is 1. The van der Waals surface area contributed by atoms with Crippen LogP contribution in [-0.2, 0) is 0 Å². The molecule has 0 bridgehead atoms. The number of nitriles is 1. The van der Waals surface area contributed by atoms with E-state index in [2.05, 4.69) is 16.0 Å². The standard InChI is InChI=1S/C22H22FN3O2S/c1-3-17(27)19-9-16-22(29-19)20(26-11-25-16)14-8-13(10-24)7-12(2)21(14)28-18-6-4-5-15(18)23/h7-9,11,15,17-18,27H,3-6H2,1-2H3/t15-,17?,18+/m0/s1. The van der Waals surface area contributed by atoms with Crippen LogP contribution in [0, 0.1) is 18.3 Å². The van der Waals surface area contributed by atoms with Gasteiger partial charge < -0.3 is 9.84 Å². The van der Waals surface area contributed by atoms with E-state index in [0.29, 0.717) is 41.8 Å². The Morgan fingerprint density at radius 1 is 1.34 bits per heavy atom. The van der Waals surface area contributed by atoms with E-state index in [4.69, 9.17) is 4.74 Å². The molecular formula is C22H22FN3O2S. The van der Waals surface area contributed by atoms with Gasteiger partial charge in [0.05, 0.1) is 33.6 Å². The second-order valence-electron chi connectivity index (χ2n) is 7.39. The highest BCUT2D eigenvalue weighted by molar-refractivity contribution is 7.19. The van der Waals surface area contributed by atoms with Crippen molar-refractivity contribution in [2.75, 3.05) is 0 Å². The Bertz CT molecular complexity index is 1090. The maximum atomic E-state index is 14.2. The molecule has 1 N–H and O–H groups in total.